The lowest BCUT2D eigenvalue weighted by atomic mass is 9.96. The van der Waals surface area contributed by atoms with Gasteiger partial charge in [-0.25, -0.2) is 4.98 Å². The van der Waals surface area contributed by atoms with E-state index in [1.807, 2.05) is 54.6 Å². The van der Waals surface area contributed by atoms with Crippen LogP contribution in [0.5, 0.6) is 5.75 Å². The predicted molar refractivity (Wildman–Crippen MR) is 172 cm³/mol. The Morgan fingerprint density at radius 1 is 1.09 bits per heavy atom. The molecule has 1 unspecified atom stereocenters. The first-order valence-electron chi connectivity index (χ1n) is 14.0. The average molecular weight is 646 g/mol. The van der Waals surface area contributed by atoms with Crippen LogP contribution in [0.3, 0.4) is 0 Å². The highest BCUT2D eigenvalue weighted by atomic mass is 35.5. The number of aliphatic hydroxyl groups excluding tert-OH is 1. The topological polar surface area (TPSA) is 110 Å². The fraction of sp³-hybridized carbons (Fsp3) is 0.219. The Labute approximate surface area is 267 Å². The first kappa shape index (κ1) is 29.9. The Bertz CT molecular complexity index is 1890. The number of pyridine rings is 1. The van der Waals surface area contributed by atoms with Crippen LogP contribution in [0.2, 0.25) is 5.02 Å². The van der Waals surface area contributed by atoms with Gasteiger partial charge in [-0.3, -0.25) is 18.9 Å². The molecule has 224 valence electrons. The summed E-state index contributed by atoms with van der Waals surface area (Å²) < 4.78 is 8.29. The van der Waals surface area contributed by atoms with Crippen molar-refractivity contribution in [3.8, 4) is 5.75 Å². The number of halogens is 1. The Morgan fingerprint density at radius 3 is 2.70 bits per heavy atom. The maximum Gasteiger partial charge on any atom is 0.301 e. The van der Waals surface area contributed by atoms with E-state index in [2.05, 4.69) is 22.1 Å². The van der Waals surface area contributed by atoms with E-state index in [-0.39, 0.29) is 16.5 Å². The predicted octanol–water partition coefficient (Wildman–Crippen LogP) is 7.25. The van der Waals surface area contributed by atoms with E-state index in [0.29, 0.717) is 50.1 Å². The van der Waals surface area contributed by atoms with Crippen molar-refractivity contribution in [2.24, 2.45) is 0 Å². The summed E-state index contributed by atoms with van der Waals surface area (Å²) in [4.78, 5) is 33.4. The molecule has 1 fully saturated rings. The Kier molecular flexibility index (Phi) is 8.69. The van der Waals surface area contributed by atoms with Crippen LogP contribution in [-0.2, 0) is 15.3 Å². The number of rotatable bonds is 10. The van der Waals surface area contributed by atoms with Gasteiger partial charge in [0.15, 0.2) is 10.1 Å². The molecular formula is C32H28ClN5O4S2. The number of thioether (sulfide) groups is 1. The molecule has 6 rings (SSSR count). The number of hydrogen-bond donors (Lipinski definition) is 1. The molecule has 1 aliphatic rings. The molecule has 9 nitrogen and oxygen atoms in total. The first-order chi connectivity index (χ1) is 21.4. The van der Waals surface area contributed by atoms with Crippen LogP contribution < -0.4 is 9.64 Å². The van der Waals surface area contributed by atoms with Crippen LogP contribution in [0.25, 0.3) is 11.4 Å². The third-order valence-corrected chi connectivity index (χ3v) is 9.57. The van der Waals surface area contributed by atoms with Crippen molar-refractivity contribution in [2.45, 2.75) is 42.8 Å². The minimum absolute atomic E-state index is 0.0555. The van der Waals surface area contributed by atoms with Gasteiger partial charge in [-0.2, -0.15) is 0 Å². The van der Waals surface area contributed by atoms with Crippen molar-refractivity contribution in [1.29, 1.82) is 0 Å². The fourth-order valence-electron chi connectivity index (χ4n) is 5.06. The van der Waals surface area contributed by atoms with Gasteiger partial charge >= 0.3 is 5.91 Å². The molecule has 2 aromatic carbocycles. The van der Waals surface area contributed by atoms with Gasteiger partial charge in [-0.05, 0) is 60.9 Å². The van der Waals surface area contributed by atoms with E-state index in [9.17, 15) is 14.7 Å². The number of aliphatic hydroxyl groups is 1. The molecule has 0 saturated carbocycles. The highest BCUT2D eigenvalue weighted by Crippen LogP contribution is 2.45. The maximum absolute atomic E-state index is 13.8. The Balaban J connectivity index is 1.43. The number of carbonyl (C=O) groups is 2. The summed E-state index contributed by atoms with van der Waals surface area (Å²) in [6.07, 6.45) is 3.62. The largest absolute Gasteiger partial charge is 0.505 e. The molecular weight excluding hydrogens is 618 g/mol. The van der Waals surface area contributed by atoms with Crippen molar-refractivity contribution in [3.05, 3.63) is 106 Å². The highest BCUT2D eigenvalue weighted by Gasteiger charge is 2.49. The summed E-state index contributed by atoms with van der Waals surface area (Å²) in [7, 11) is 0. The molecule has 3 aromatic heterocycles. The Hall–Kier alpha value is -4.19. The third-order valence-electron chi connectivity index (χ3n) is 7.19. The lowest BCUT2D eigenvalue weighted by Crippen LogP contribution is -2.29. The number of fused-ring (bicyclic) bond motifs is 1. The molecule has 5 aromatic rings. The minimum Gasteiger partial charge on any atom is -0.505 e. The number of imidazole rings is 1. The number of Topliss-reactive ketones (excluding diaryl/α,β-unsaturated/α-hetero) is 1. The summed E-state index contributed by atoms with van der Waals surface area (Å²) in [5, 5.41) is 21.3. The summed E-state index contributed by atoms with van der Waals surface area (Å²) in [6, 6.07) is 19.3. The number of hydrogen-bond acceptors (Lipinski definition) is 9. The molecule has 1 saturated heterocycles. The molecule has 44 heavy (non-hydrogen) atoms. The van der Waals surface area contributed by atoms with E-state index >= 15 is 0 Å². The molecule has 0 radical (unpaired) electrons. The SMILES string of the molecule is CCCCOc1cccc(C2/C(=C(\O)c3c(C)nc4ccccn34)C(=O)C(=O)N2c2nnc(SCc3ccc(Cl)cc3)s2)c1. The van der Waals surface area contributed by atoms with Crippen LogP contribution in [0.1, 0.15) is 48.3 Å². The average Bonchev–Trinajstić information content (AvgIpc) is 3.70. The van der Waals surface area contributed by atoms with Crippen molar-refractivity contribution in [1.82, 2.24) is 19.6 Å². The number of amides is 1. The molecule has 0 aliphatic carbocycles. The van der Waals surface area contributed by atoms with Crippen LogP contribution >= 0.6 is 34.7 Å². The van der Waals surface area contributed by atoms with E-state index in [1.54, 1.807) is 29.7 Å². The molecule has 1 N–H and O–H groups in total. The van der Waals surface area contributed by atoms with Gasteiger partial charge in [0.2, 0.25) is 5.13 Å². The molecule has 1 atom stereocenters. The third kappa shape index (κ3) is 5.82. The summed E-state index contributed by atoms with van der Waals surface area (Å²) in [5.41, 5.74) is 3.06. The second-order valence-corrected chi connectivity index (χ2v) is 12.8. The number of carbonyl (C=O) groups excluding carboxylic acids is 2. The fourth-order valence-corrected chi connectivity index (χ4v) is 7.01. The van der Waals surface area contributed by atoms with Gasteiger partial charge in [0.25, 0.3) is 5.78 Å². The van der Waals surface area contributed by atoms with Crippen molar-refractivity contribution < 1.29 is 19.4 Å². The van der Waals surface area contributed by atoms with Crippen molar-refractivity contribution in [2.75, 3.05) is 11.5 Å². The van der Waals surface area contributed by atoms with Gasteiger partial charge in [-0.15, -0.1) is 10.2 Å². The standard InChI is InChI=1S/C32H28ClN5O4S2/c1-3-4-16-42-23-9-7-8-21(17-23)27-25(28(39)26-19(2)34-24-10-5-6-15-37(24)26)29(40)30(41)38(27)31-35-36-32(44-31)43-18-20-11-13-22(33)14-12-20/h5-15,17,27,39H,3-4,16,18H2,1-2H3/b28-25+. The number of anilines is 1. The van der Waals surface area contributed by atoms with E-state index in [0.717, 1.165) is 18.4 Å². The summed E-state index contributed by atoms with van der Waals surface area (Å²) >= 11 is 8.69. The maximum atomic E-state index is 13.8. The van der Waals surface area contributed by atoms with Crippen molar-refractivity contribution in [3.63, 3.8) is 0 Å². The molecule has 0 spiro atoms. The van der Waals surface area contributed by atoms with Gasteiger partial charge < -0.3 is 9.84 Å². The Morgan fingerprint density at radius 2 is 1.91 bits per heavy atom. The number of aryl methyl sites for hydroxylation is 1. The first-order valence-corrected chi connectivity index (χ1v) is 16.2. The number of unbranched alkanes of at least 4 members (excludes halogenated alkanes) is 1. The summed E-state index contributed by atoms with van der Waals surface area (Å²) in [5.74, 6) is -0.708. The number of ketones is 1. The van der Waals surface area contributed by atoms with Crippen molar-refractivity contribution >= 4 is 62.9 Å². The van der Waals surface area contributed by atoms with E-state index < -0.39 is 17.7 Å². The van der Waals surface area contributed by atoms with Gasteiger partial charge in [0, 0.05) is 17.0 Å². The quantitative estimate of drug-likeness (QED) is 0.0423. The van der Waals surface area contributed by atoms with Crippen LogP contribution in [0.15, 0.2) is 82.8 Å². The number of benzene rings is 2. The number of aromatic nitrogens is 4. The van der Waals surface area contributed by atoms with Crippen LogP contribution in [0.4, 0.5) is 5.13 Å². The molecule has 4 heterocycles. The molecule has 0 bridgehead atoms. The zero-order chi connectivity index (χ0) is 30.8. The highest BCUT2D eigenvalue weighted by molar-refractivity contribution is 8.00. The zero-order valence-electron chi connectivity index (χ0n) is 23.9. The summed E-state index contributed by atoms with van der Waals surface area (Å²) in [6.45, 7) is 4.37. The normalized spacial score (nSPS) is 16.2. The van der Waals surface area contributed by atoms with Gasteiger partial charge in [0.05, 0.1) is 23.9 Å². The smallest absolute Gasteiger partial charge is 0.301 e. The molecule has 12 heteroatoms. The van der Waals surface area contributed by atoms with E-state index in [1.165, 1.54) is 28.0 Å². The van der Waals surface area contributed by atoms with Gasteiger partial charge in [0.1, 0.15) is 17.1 Å². The number of ether oxygens (including phenoxy) is 1. The molecule has 1 aliphatic heterocycles. The number of nitrogens with zero attached hydrogens (tertiary/aromatic N) is 5. The minimum atomic E-state index is -0.972. The lowest BCUT2D eigenvalue weighted by molar-refractivity contribution is -0.132. The lowest BCUT2D eigenvalue weighted by Gasteiger charge is -2.23. The van der Waals surface area contributed by atoms with Crippen LogP contribution in [-0.4, -0.2) is 43.0 Å². The van der Waals surface area contributed by atoms with Gasteiger partial charge in [-0.1, -0.05) is 78.4 Å². The monoisotopic (exact) mass is 645 g/mol. The second kappa shape index (κ2) is 12.8. The van der Waals surface area contributed by atoms with Crippen LogP contribution in [0, 0.1) is 6.92 Å². The van der Waals surface area contributed by atoms with E-state index in [4.69, 9.17) is 16.3 Å². The second-order valence-electron chi connectivity index (χ2n) is 10.2. The zero-order valence-corrected chi connectivity index (χ0v) is 26.3. The molecule has 1 amide bonds.